The monoisotopic (exact) mass is 529 g/mol. The molecule has 1 saturated heterocycles. The van der Waals surface area contributed by atoms with Gasteiger partial charge in [0.1, 0.15) is 0 Å². The second-order valence-corrected chi connectivity index (χ2v) is 8.37. The van der Waals surface area contributed by atoms with Crippen LogP contribution in [0.1, 0.15) is 29.0 Å². The molecule has 4 nitrogen and oxygen atoms in total. The Bertz CT molecular complexity index is 965. The predicted molar refractivity (Wildman–Crippen MR) is 121 cm³/mol. The van der Waals surface area contributed by atoms with Gasteiger partial charge in [-0.05, 0) is 48.9 Å². The lowest BCUT2D eigenvalue weighted by Crippen LogP contribution is -2.52. The predicted octanol–water partition coefficient (Wildman–Crippen LogP) is 6.43. The number of alkyl halides is 6. The van der Waals surface area contributed by atoms with E-state index in [0.717, 1.165) is 17.5 Å². The largest absolute Gasteiger partial charge is 0.416 e. The average molecular weight is 530 g/mol. The molecule has 2 aromatic rings. The highest BCUT2D eigenvalue weighted by atomic mass is 35.5. The van der Waals surface area contributed by atoms with Crippen LogP contribution in [0.2, 0.25) is 5.02 Å². The molecule has 1 aliphatic heterocycles. The number of halogens is 8. The number of nitrogens with one attached hydrogen (secondary N) is 1. The Morgan fingerprint density at radius 2 is 1.50 bits per heavy atom. The molecule has 1 N–H and O–H groups in total. The first-order valence-electron chi connectivity index (χ1n) is 10.0. The third kappa shape index (κ3) is 6.28. The van der Waals surface area contributed by atoms with E-state index in [1.807, 2.05) is 12.1 Å². The molecule has 1 aliphatic rings. The smallest absolute Gasteiger partial charge is 0.324 e. The second kappa shape index (κ2) is 10.6. The number of urea groups is 1. The Morgan fingerprint density at radius 3 is 2.00 bits per heavy atom. The molecule has 2 aromatic carbocycles. The van der Waals surface area contributed by atoms with Gasteiger partial charge in [0.25, 0.3) is 0 Å². The van der Waals surface area contributed by atoms with Gasteiger partial charge in [0, 0.05) is 43.3 Å². The Morgan fingerprint density at radius 1 is 0.971 bits per heavy atom. The van der Waals surface area contributed by atoms with Gasteiger partial charge >= 0.3 is 18.4 Å². The Hall–Kier alpha value is -2.17. The van der Waals surface area contributed by atoms with Crippen LogP contribution in [0.4, 0.5) is 36.8 Å². The van der Waals surface area contributed by atoms with Crippen LogP contribution in [0.15, 0.2) is 42.5 Å². The molecule has 1 fully saturated rings. The van der Waals surface area contributed by atoms with Crippen molar-refractivity contribution in [2.24, 2.45) is 0 Å². The van der Waals surface area contributed by atoms with Crippen molar-refractivity contribution in [3.8, 4) is 0 Å². The van der Waals surface area contributed by atoms with E-state index in [1.165, 1.54) is 11.9 Å². The summed E-state index contributed by atoms with van der Waals surface area (Å²) in [5, 5.41) is 3.80. The Balaban J connectivity index is 0.00000408. The van der Waals surface area contributed by atoms with Gasteiger partial charge in [-0.1, -0.05) is 23.7 Å². The van der Waals surface area contributed by atoms with E-state index in [-0.39, 0.29) is 30.4 Å². The zero-order chi connectivity index (χ0) is 24.6. The number of amides is 2. The van der Waals surface area contributed by atoms with E-state index < -0.39 is 35.2 Å². The fraction of sp³-hybridized carbons (Fsp3) is 0.409. The minimum absolute atomic E-state index is 0. The normalized spacial score (nSPS) is 18.7. The van der Waals surface area contributed by atoms with Gasteiger partial charge in [-0.2, -0.15) is 26.3 Å². The fourth-order valence-electron chi connectivity index (χ4n) is 3.98. The summed E-state index contributed by atoms with van der Waals surface area (Å²) >= 11 is 5.95. The van der Waals surface area contributed by atoms with E-state index in [1.54, 1.807) is 12.1 Å². The second-order valence-electron chi connectivity index (χ2n) is 7.93. The van der Waals surface area contributed by atoms with Crippen LogP contribution in [0, 0.1) is 0 Å². The maximum absolute atomic E-state index is 13.2. The van der Waals surface area contributed by atoms with Crippen molar-refractivity contribution >= 4 is 35.7 Å². The topological polar surface area (TPSA) is 35.6 Å². The highest BCUT2D eigenvalue weighted by Crippen LogP contribution is 2.38. The maximum atomic E-state index is 13.2. The summed E-state index contributed by atoms with van der Waals surface area (Å²) in [5.74, 6) is -0.134. The number of hydrogen-bond donors (Lipinski definition) is 1. The number of piperidine rings is 1. The number of likely N-dealkylation sites (N-methyl/N-ethyl adjacent to an activating group) is 1. The molecular formula is C22H23Cl2F6N3O. The van der Waals surface area contributed by atoms with Crippen molar-refractivity contribution in [3.05, 3.63) is 64.2 Å². The van der Waals surface area contributed by atoms with Crippen LogP contribution in [0.5, 0.6) is 0 Å². The average Bonchev–Trinajstić information content (AvgIpc) is 2.76. The quantitative estimate of drug-likeness (QED) is 0.465. The molecule has 1 heterocycles. The lowest BCUT2D eigenvalue weighted by molar-refractivity contribution is -0.143. The lowest BCUT2D eigenvalue weighted by atomic mass is 9.86. The van der Waals surface area contributed by atoms with Gasteiger partial charge in [0.2, 0.25) is 0 Å². The zero-order valence-corrected chi connectivity index (χ0v) is 19.7. The first kappa shape index (κ1) is 28.1. The molecular weight excluding hydrogens is 507 g/mol. The van der Waals surface area contributed by atoms with Gasteiger partial charge in [-0.3, -0.25) is 4.90 Å². The third-order valence-electron chi connectivity index (χ3n) is 5.79. The molecule has 12 heteroatoms. The highest BCUT2D eigenvalue weighted by molar-refractivity contribution is 6.30. The zero-order valence-electron chi connectivity index (χ0n) is 18.2. The fourth-order valence-corrected chi connectivity index (χ4v) is 4.11. The summed E-state index contributed by atoms with van der Waals surface area (Å²) in [5.41, 5.74) is -2.53. The van der Waals surface area contributed by atoms with Crippen molar-refractivity contribution in [3.63, 3.8) is 0 Å². The number of carbonyl (C=O) groups excluding carboxylic acids is 1. The van der Waals surface area contributed by atoms with Crippen LogP contribution in [0.25, 0.3) is 0 Å². The standard InChI is InChI=1S/C22H22ClF6N3O.ClH/c1-31(17-10-14(21(24,25)26)9-15(11-17)22(27,28)29)20(33)32(2)19-7-8-30-12-18(19)13-3-5-16(23)6-4-13;/h3-6,9-11,18-19,30H,7-8,12H2,1-2H3;1H/t18-,19+;/m0./s1. The first-order valence-corrected chi connectivity index (χ1v) is 10.4. The van der Waals surface area contributed by atoms with Crippen LogP contribution >= 0.6 is 24.0 Å². The molecule has 34 heavy (non-hydrogen) atoms. The van der Waals surface area contributed by atoms with Gasteiger partial charge in [-0.25, -0.2) is 4.79 Å². The molecule has 0 saturated carbocycles. The molecule has 0 bridgehead atoms. The minimum atomic E-state index is -5.00. The van der Waals surface area contributed by atoms with E-state index in [4.69, 9.17) is 11.6 Å². The van der Waals surface area contributed by atoms with Crippen LogP contribution in [-0.4, -0.2) is 44.2 Å². The summed E-state index contributed by atoms with van der Waals surface area (Å²) in [6.45, 7) is 1.16. The van der Waals surface area contributed by atoms with Crippen LogP contribution < -0.4 is 10.2 Å². The lowest BCUT2D eigenvalue weighted by Gasteiger charge is -2.40. The Kier molecular flexibility index (Phi) is 8.77. The number of carbonyl (C=O) groups is 1. The molecule has 188 valence electrons. The number of rotatable bonds is 3. The molecule has 2 atom stereocenters. The summed E-state index contributed by atoms with van der Waals surface area (Å²) in [6.07, 6.45) is -9.44. The first-order chi connectivity index (χ1) is 15.3. The maximum Gasteiger partial charge on any atom is 0.416 e. The van der Waals surface area contributed by atoms with Crippen LogP contribution in [0.3, 0.4) is 0 Å². The van der Waals surface area contributed by atoms with E-state index in [0.29, 0.717) is 36.7 Å². The molecule has 0 spiro atoms. The summed E-state index contributed by atoms with van der Waals surface area (Å²) in [4.78, 5) is 15.3. The number of anilines is 1. The molecule has 0 unspecified atom stereocenters. The van der Waals surface area contributed by atoms with Crippen molar-refractivity contribution in [1.82, 2.24) is 10.2 Å². The third-order valence-corrected chi connectivity index (χ3v) is 6.04. The summed E-state index contributed by atoms with van der Waals surface area (Å²) < 4.78 is 79.3. The molecule has 0 aromatic heterocycles. The van der Waals surface area contributed by atoms with Crippen molar-refractivity contribution in [2.45, 2.75) is 30.7 Å². The van der Waals surface area contributed by atoms with Crippen molar-refractivity contribution in [1.29, 1.82) is 0 Å². The van der Waals surface area contributed by atoms with Gasteiger partial charge in [-0.15, -0.1) is 12.4 Å². The van der Waals surface area contributed by atoms with Crippen molar-refractivity contribution < 1.29 is 31.1 Å². The number of hydrogen-bond acceptors (Lipinski definition) is 2. The molecule has 0 aliphatic carbocycles. The minimum Gasteiger partial charge on any atom is -0.324 e. The Labute approximate surface area is 204 Å². The number of nitrogens with zero attached hydrogens (tertiary/aromatic N) is 2. The van der Waals surface area contributed by atoms with Gasteiger partial charge in [0.05, 0.1) is 11.1 Å². The summed E-state index contributed by atoms with van der Waals surface area (Å²) in [6, 6.07) is 7.18. The number of benzene rings is 2. The molecule has 0 radical (unpaired) electrons. The van der Waals surface area contributed by atoms with E-state index in [9.17, 15) is 31.1 Å². The van der Waals surface area contributed by atoms with Gasteiger partial charge < -0.3 is 10.2 Å². The van der Waals surface area contributed by atoms with Gasteiger partial charge in [0.15, 0.2) is 0 Å². The van der Waals surface area contributed by atoms with Crippen LogP contribution in [-0.2, 0) is 12.4 Å². The highest BCUT2D eigenvalue weighted by Gasteiger charge is 2.38. The molecule has 2 amide bonds. The molecule has 3 rings (SSSR count). The van der Waals surface area contributed by atoms with Crippen molar-refractivity contribution in [2.75, 3.05) is 32.1 Å². The van der Waals surface area contributed by atoms with E-state index >= 15 is 0 Å². The van der Waals surface area contributed by atoms with E-state index in [2.05, 4.69) is 5.32 Å². The summed E-state index contributed by atoms with van der Waals surface area (Å²) in [7, 11) is 2.66. The SMILES string of the molecule is CN(C(=O)N(C)[C@@H]1CCNC[C@H]1c1ccc(Cl)cc1)c1cc(C(F)(F)F)cc(C(F)(F)F)c1.Cl.